The van der Waals surface area contributed by atoms with Crippen LogP contribution in [0.3, 0.4) is 0 Å². The molecule has 38 heavy (non-hydrogen) atoms. The van der Waals surface area contributed by atoms with Crippen molar-refractivity contribution in [3.8, 4) is 45.4 Å². The minimum atomic E-state index is -0.562. The second kappa shape index (κ2) is 9.52. The number of ether oxygens (including phenoxy) is 1. The summed E-state index contributed by atoms with van der Waals surface area (Å²) in [6.07, 6.45) is 6.80. The van der Waals surface area contributed by atoms with Crippen LogP contribution in [0.4, 0.5) is 4.39 Å². The topological polar surface area (TPSA) is 129 Å². The van der Waals surface area contributed by atoms with Gasteiger partial charge in [-0.15, -0.1) is 0 Å². The van der Waals surface area contributed by atoms with Crippen molar-refractivity contribution >= 4 is 22.1 Å². The van der Waals surface area contributed by atoms with Gasteiger partial charge >= 0.3 is 0 Å². The molecule has 11 heteroatoms. The molecule has 190 valence electrons. The zero-order chi connectivity index (χ0) is 26.2. The number of phenols is 1. The van der Waals surface area contributed by atoms with Crippen LogP contribution in [-0.2, 0) is 0 Å². The molecule has 6 rings (SSSR count). The molecule has 5 heterocycles. The number of halogens is 1. The maximum atomic E-state index is 14.0. The molecular weight excluding hydrogens is 487 g/mol. The third-order valence-corrected chi connectivity index (χ3v) is 6.05. The molecule has 5 aromatic heterocycles. The van der Waals surface area contributed by atoms with E-state index in [2.05, 4.69) is 35.0 Å². The lowest BCUT2D eigenvalue weighted by molar-refractivity contribution is 0.261. The molecular formula is C27H23FN8O2. The van der Waals surface area contributed by atoms with Gasteiger partial charge in [-0.25, -0.2) is 14.4 Å². The van der Waals surface area contributed by atoms with Crippen LogP contribution in [0.1, 0.15) is 0 Å². The summed E-state index contributed by atoms with van der Waals surface area (Å²) in [6.45, 7) is 1.35. The lowest BCUT2D eigenvalue weighted by Gasteiger charge is -2.11. The number of fused-ring (bicyclic) bond motifs is 2. The first-order valence-electron chi connectivity index (χ1n) is 11.9. The van der Waals surface area contributed by atoms with Crippen LogP contribution >= 0.6 is 0 Å². The number of rotatable bonds is 7. The number of likely N-dealkylation sites (N-methyl/N-ethyl adjacent to an activating group) is 1. The summed E-state index contributed by atoms with van der Waals surface area (Å²) >= 11 is 0. The summed E-state index contributed by atoms with van der Waals surface area (Å²) in [4.78, 5) is 23.3. The molecule has 10 nitrogen and oxygen atoms in total. The largest absolute Gasteiger partial charge is 0.508 e. The number of aromatic hydroxyl groups is 1. The van der Waals surface area contributed by atoms with E-state index < -0.39 is 5.82 Å². The zero-order valence-corrected chi connectivity index (χ0v) is 20.6. The molecule has 0 saturated heterocycles. The Kier molecular flexibility index (Phi) is 5.89. The van der Waals surface area contributed by atoms with Crippen molar-refractivity contribution in [2.24, 2.45) is 0 Å². The van der Waals surface area contributed by atoms with Gasteiger partial charge in [-0.1, -0.05) is 0 Å². The number of phenolic OH excluding ortho intramolecular Hbond substituents is 1. The van der Waals surface area contributed by atoms with Crippen molar-refractivity contribution in [2.75, 3.05) is 27.2 Å². The van der Waals surface area contributed by atoms with Crippen molar-refractivity contribution in [2.45, 2.75) is 0 Å². The molecule has 0 unspecified atom stereocenters. The molecule has 0 saturated carbocycles. The predicted molar refractivity (Wildman–Crippen MR) is 141 cm³/mol. The van der Waals surface area contributed by atoms with E-state index >= 15 is 0 Å². The van der Waals surface area contributed by atoms with E-state index in [9.17, 15) is 9.50 Å². The summed E-state index contributed by atoms with van der Waals surface area (Å²) in [5.41, 5.74) is 4.96. The first-order valence-corrected chi connectivity index (χ1v) is 11.9. The number of hydrogen-bond donors (Lipinski definition) is 3. The SMILES string of the molecule is CN(C)CCOc1cncc(-c2cnc3[nH]nc(-c4nc5c(-c6cc(O)cc(F)c6)nccc5[nH]4)c3c2)c1. The fraction of sp³-hybridized carbons (Fsp3) is 0.148. The van der Waals surface area contributed by atoms with E-state index in [1.807, 2.05) is 26.2 Å². The van der Waals surface area contributed by atoms with Gasteiger partial charge in [0.05, 0.1) is 22.8 Å². The van der Waals surface area contributed by atoms with Gasteiger partial charge in [0.2, 0.25) is 0 Å². The molecule has 1 aromatic carbocycles. The highest BCUT2D eigenvalue weighted by Gasteiger charge is 2.18. The highest BCUT2D eigenvalue weighted by Crippen LogP contribution is 2.33. The summed E-state index contributed by atoms with van der Waals surface area (Å²) in [6, 6.07) is 9.48. The molecule has 0 aliphatic carbocycles. The Morgan fingerprint density at radius 2 is 1.84 bits per heavy atom. The maximum absolute atomic E-state index is 14.0. The van der Waals surface area contributed by atoms with Gasteiger partial charge in [-0.3, -0.25) is 15.1 Å². The highest BCUT2D eigenvalue weighted by molar-refractivity contribution is 5.96. The van der Waals surface area contributed by atoms with Crippen LogP contribution in [0, 0.1) is 5.82 Å². The molecule has 0 radical (unpaired) electrons. The van der Waals surface area contributed by atoms with E-state index in [0.717, 1.165) is 29.1 Å². The van der Waals surface area contributed by atoms with Gasteiger partial charge in [0.1, 0.15) is 35.1 Å². The number of aromatic amines is 2. The monoisotopic (exact) mass is 510 g/mol. The van der Waals surface area contributed by atoms with Crippen LogP contribution in [0.15, 0.2) is 61.2 Å². The van der Waals surface area contributed by atoms with Crippen molar-refractivity contribution in [1.82, 2.24) is 40.0 Å². The summed E-state index contributed by atoms with van der Waals surface area (Å²) in [7, 11) is 3.99. The molecule has 0 fully saturated rings. The average molecular weight is 511 g/mol. The van der Waals surface area contributed by atoms with Crippen LogP contribution < -0.4 is 4.74 Å². The third-order valence-electron chi connectivity index (χ3n) is 6.05. The standard InChI is InChI=1S/C27H23FN8O2/c1-36(2)5-6-38-20-9-16(12-29-14-20)17-10-21-24(34-35-26(21)31-13-17)27-32-22-3-4-30-23(25(22)33-27)15-7-18(28)11-19(37)8-15/h3-4,7-14,37H,5-6H2,1-2H3,(H,32,33)(H,31,34,35). The number of imidazole rings is 1. The second-order valence-corrected chi connectivity index (χ2v) is 9.09. The van der Waals surface area contributed by atoms with Crippen molar-refractivity contribution in [3.05, 3.63) is 67.0 Å². The molecule has 0 aliphatic heterocycles. The number of hydrogen-bond acceptors (Lipinski definition) is 8. The number of aromatic nitrogens is 7. The summed E-state index contributed by atoms with van der Waals surface area (Å²) in [5.74, 6) is 0.428. The molecule has 0 aliphatic rings. The number of pyridine rings is 3. The number of nitrogens with one attached hydrogen (secondary N) is 2. The first-order chi connectivity index (χ1) is 18.4. The van der Waals surface area contributed by atoms with Crippen LogP contribution in [0.5, 0.6) is 11.5 Å². The number of benzene rings is 1. The van der Waals surface area contributed by atoms with Gasteiger partial charge < -0.3 is 19.7 Å². The Morgan fingerprint density at radius 3 is 2.68 bits per heavy atom. The predicted octanol–water partition coefficient (Wildman–Crippen LogP) is 4.41. The molecule has 0 bridgehead atoms. The van der Waals surface area contributed by atoms with E-state index in [1.54, 1.807) is 30.9 Å². The van der Waals surface area contributed by atoms with Crippen molar-refractivity contribution in [1.29, 1.82) is 0 Å². The molecule has 0 atom stereocenters. The molecule has 0 amide bonds. The van der Waals surface area contributed by atoms with Crippen LogP contribution in [-0.4, -0.2) is 72.4 Å². The van der Waals surface area contributed by atoms with E-state index in [4.69, 9.17) is 9.72 Å². The Balaban J connectivity index is 1.38. The van der Waals surface area contributed by atoms with E-state index in [-0.39, 0.29) is 5.75 Å². The van der Waals surface area contributed by atoms with Gasteiger partial charge in [-0.05, 0) is 44.4 Å². The Morgan fingerprint density at radius 1 is 0.974 bits per heavy atom. The van der Waals surface area contributed by atoms with E-state index in [0.29, 0.717) is 51.8 Å². The fourth-order valence-corrected chi connectivity index (χ4v) is 4.21. The lowest BCUT2D eigenvalue weighted by Crippen LogP contribution is -2.19. The van der Waals surface area contributed by atoms with Gasteiger partial charge in [-0.2, -0.15) is 5.10 Å². The average Bonchev–Trinajstić information content (AvgIpc) is 3.51. The second-order valence-electron chi connectivity index (χ2n) is 9.09. The molecule has 3 N–H and O–H groups in total. The van der Waals surface area contributed by atoms with Crippen LogP contribution in [0.2, 0.25) is 0 Å². The zero-order valence-electron chi connectivity index (χ0n) is 20.6. The number of nitrogens with zero attached hydrogens (tertiary/aromatic N) is 6. The quantitative estimate of drug-likeness (QED) is 0.288. The maximum Gasteiger partial charge on any atom is 0.159 e. The normalized spacial score (nSPS) is 11.6. The first kappa shape index (κ1) is 23.5. The van der Waals surface area contributed by atoms with Gasteiger partial charge in [0.25, 0.3) is 0 Å². The van der Waals surface area contributed by atoms with Crippen LogP contribution in [0.25, 0.3) is 56.0 Å². The molecule has 0 spiro atoms. The van der Waals surface area contributed by atoms with Gasteiger partial charge in [0, 0.05) is 47.9 Å². The Labute approximate surface area is 216 Å². The number of H-pyrrole nitrogens is 2. The Hall–Kier alpha value is -4.90. The minimum Gasteiger partial charge on any atom is -0.508 e. The molecule has 6 aromatic rings. The highest BCUT2D eigenvalue weighted by atomic mass is 19.1. The summed E-state index contributed by atoms with van der Waals surface area (Å²) in [5, 5.41) is 18.0. The van der Waals surface area contributed by atoms with Crippen molar-refractivity contribution in [3.63, 3.8) is 0 Å². The lowest BCUT2D eigenvalue weighted by atomic mass is 10.1. The fourth-order valence-electron chi connectivity index (χ4n) is 4.21. The minimum absolute atomic E-state index is 0.187. The third kappa shape index (κ3) is 4.50. The van der Waals surface area contributed by atoms with E-state index in [1.165, 1.54) is 12.1 Å². The smallest absolute Gasteiger partial charge is 0.159 e. The van der Waals surface area contributed by atoms with Gasteiger partial charge in [0.15, 0.2) is 11.5 Å². The Bertz CT molecular complexity index is 1760. The van der Waals surface area contributed by atoms with Crippen molar-refractivity contribution < 1.29 is 14.2 Å². The summed E-state index contributed by atoms with van der Waals surface area (Å²) < 4.78 is 19.8.